The number of esters is 1. The molecule has 9 heteroatoms. The van der Waals surface area contributed by atoms with E-state index >= 15 is 0 Å². The molecule has 8 nitrogen and oxygen atoms in total. The number of aromatic nitrogens is 1. The van der Waals surface area contributed by atoms with Gasteiger partial charge in [-0.3, -0.25) is 4.79 Å². The number of benzene rings is 1. The third-order valence-electron chi connectivity index (χ3n) is 5.47. The number of piperidine rings is 1. The zero-order valence-electron chi connectivity index (χ0n) is 18.3. The first-order valence-electron chi connectivity index (χ1n) is 10.4. The molecule has 2 N–H and O–H groups in total. The molecule has 0 saturated carbocycles. The molecule has 0 aliphatic carbocycles. The number of nitrogens with one attached hydrogen (secondary N) is 2. The molecule has 168 valence electrons. The maximum Gasteiger partial charge on any atom is 0.341 e. The molecule has 3 rings (SSSR count). The second kappa shape index (κ2) is 9.23. The van der Waals surface area contributed by atoms with Gasteiger partial charge in [0.2, 0.25) is 15.9 Å². The van der Waals surface area contributed by atoms with Crippen LogP contribution in [0.3, 0.4) is 0 Å². The summed E-state index contributed by atoms with van der Waals surface area (Å²) in [7, 11) is -3.99. The van der Waals surface area contributed by atoms with E-state index in [4.69, 9.17) is 4.74 Å². The molecule has 2 heterocycles. The minimum atomic E-state index is -3.99. The van der Waals surface area contributed by atoms with Crippen molar-refractivity contribution in [1.82, 2.24) is 9.29 Å². The number of aromatic amines is 1. The van der Waals surface area contributed by atoms with Gasteiger partial charge in [0.15, 0.2) is 0 Å². The van der Waals surface area contributed by atoms with Gasteiger partial charge < -0.3 is 15.0 Å². The minimum Gasteiger partial charge on any atom is -0.462 e. The number of amides is 1. The monoisotopic (exact) mass is 447 g/mol. The van der Waals surface area contributed by atoms with E-state index in [1.54, 1.807) is 20.8 Å². The fraction of sp³-hybridized carbons (Fsp3) is 0.455. The lowest BCUT2D eigenvalue weighted by atomic mass is 9.98. The van der Waals surface area contributed by atoms with Gasteiger partial charge in [-0.2, -0.15) is 4.31 Å². The fourth-order valence-corrected chi connectivity index (χ4v) is 5.85. The quantitative estimate of drug-likeness (QED) is 0.661. The van der Waals surface area contributed by atoms with Crippen molar-refractivity contribution in [2.75, 3.05) is 25.0 Å². The van der Waals surface area contributed by atoms with Crippen molar-refractivity contribution in [2.24, 2.45) is 5.92 Å². The van der Waals surface area contributed by atoms with E-state index in [1.807, 2.05) is 31.2 Å². The fourth-order valence-electron chi connectivity index (χ4n) is 3.91. The van der Waals surface area contributed by atoms with Crippen LogP contribution in [0.5, 0.6) is 0 Å². The lowest BCUT2D eigenvalue weighted by molar-refractivity contribution is -0.120. The summed E-state index contributed by atoms with van der Waals surface area (Å²) in [6.07, 6.45) is 1.15. The Labute approximate surface area is 183 Å². The molecule has 1 amide bonds. The second-order valence-corrected chi connectivity index (χ2v) is 9.73. The van der Waals surface area contributed by atoms with Gasteiger partial charge in [-0.05, 0) is 52.7 Å². The summed E-state index contributed by atoms with van der Waals surface area (Å²) >= 11 is 0. The van der Waals surface area contributed by atoms with Crippen LogP contribution in [-0.2, 0) is 19.6 Å². The summed E-state index contributed by atoms with van der Waals surface area (Å²) in [5, 5.41) is 2.87. The number of carbonyl (C=O) groups excluding carboxylic acids is 2. The average molecular weight is 448 g/mol. The molecule has 1 atom stereocenters. The molecule has 1 aromatic heterocycles. The summed E-state index contributed by atoms with van der Waals surface area (Å²) in [6, 6.07) is 7.45. The van der Waals surface area contributed by atoms with Crippen LogP contribution in [0, 0.1) is 26.7 Å². The lowest BCUT2D eigenvalue weighted by Crippen LogP contribution is -2.44. The van der Waals surface area contributed by atoms with Gasteiger partial charge in [0, 0.05) is 30.2 Å². The summed E-state index contributed by atoms with van der Waals surface area (Å²) in [4.78, 5) is 28.1. The molecule has 1 unspecified atom stereocenters. The van der Waals surface area contributed by atoms with Crippen LogP contribution in [-0.4, -0.2) is 49.3 Å². The molecule has 0 bridgehead atoms. The van der Waals surface area contributed by atoms with Crippen molar-refractivity contribution >= 4 is 27.6 Å². The number of hydrogen-bond donors (Lipinski definition) is 2. The highest BCUT2D eigenvalue weighted by Gasteiger charge is 2.38. The predicted octanol–water partition coefficient (Wildman–Crippen LogP) is 3.16. The van der Waals surface area contributed by atoms with Gasteiger partial charge in [0.25, 0.3) is 0 Å². The van der Waals surface area contributed by atoms with Crippen molar-refractivity contribution in [1.29, 1.82) is 0 Å². The van der Waals surface area contributed by atoms with Gasteiger partial charge in [0.1, 0.15) is 10.5 Å². The number of ether oxygens (including phenoxy) is 1. The molecule has 1 fully saturated rings. The molecule has 2 aromatic rings. The molecular weight excluding hydrogens is 418 g/mol. The van der Waals surface area contributed by atoms with E-state index in [2.05, 4.69) is 10.3 Å². The van der Waals surface area contributed by atoms with Crippen LogP contribution in [0.15, 0.2) is 29.2 Å². The highest BCUT2D eigenvalue weighted by molar-refractivity contribution is 7.89. The summed E-state index contributed by atoms with van der Waals surface area (Å²) < 4.78 is 33.3. The third kappa shape index (κ3) is 4.83. The summed E-state index contributed by atoms with van der Waals surface area (Å²) in [5.41, 5.74) is 2.62. The molecule has 1 aromatic carbocycles. The number of rotatable bonds is 6. The Hall–Kier alpha value is -2.65. The van der Waals surface area contributed by atoms with Crippen molar-refractivity contribution in [3.8, 4) is 0 Å². The standard InChI is InChI=1S/C22H29N3O5S/c1-5-30-22(27)19-15(3)23-16(4)20(19)31(28,29)25-12-6-7-17(13-25)21(26)24-18-10-8-14(2)9-11-18/h8-11,17,23H,5-7,12-13H2,1-4H3,(H,24,26). The van der Waals surface area contributed by atoms with Crippen LogP contribution < -0.4 is 5.32 Å². The molecule has 0 spiro atoms. The molecule has 31 heavy (non-hydrogen) atoms. The van der Waals surface area contributed by atoms with Gasteiger partial charge in [-0.25, -0.2) is 13.2 Å². The van der Waals surface area contributed by atoms with Crippen LogP contribution in [0.4, 0.5) is 5.69 Å². The van der Waals surface area contributed by atoms with Gasteiger partial charge in [-0.1, -0.05) is 17.7 Å². The second-order valence-electron chi connectivity index (χ2n) is 7.86. The van der Waals surface area contributed by atoms with E-state index in [9.17, 15) is 18.0 Å². The lowest BCUT2D eigenvalue weighted by Gasteiger charge is -2.31. The first-order chi connectivity index (χ1) is 14.6. The normalized spacial score (nSPS) is 17.4. The Morgan fingerprint density at radius 2 is 1.84 bits per heavy atom. The van der Waals surface area contributed by atoms with E-state index in [0.29, 0.717) is 36.5 Å². The van der Waals surface area contributed by atoms with Crippen molar-refractivity contribution in [3.05, 3.63) is 46.8 Å². The zero-order chi connectivity index (χ0) is 22.8. The highest BCUT2D eigenvalue weighted by Crippen LogP contribution is 2.31. The Morgan fingerprint density at radius 1 is 1.16 bits per heavy atom. The summed E-state index contributed by atoms with van der Waals surface area (Å²) in [5.74, 6) is -1.36. The number of sulfonamides is 1. The molecule has 1 saturated heterocycles. The first-order valence-corrected chi connectivity index (χ1v) is 11.8. The number of nitrogens with zero attached hydrogens (tertiary/aromatic N) is 1. The molecule has 1 aliphatic rings. The van der Waals surface area contributed by atoms with Crippen LogP contribution in [0.2, 0.25) is 0 Å². The molecule has 1 aliphatic heterocycles. The van der Waals surface area contributed by atoms with Crippen molar-refractivity contribution < 1.29 is 22.7 Å². The average Bonchev–Trinajstić information content (AvgIpc) is 3.04. The zero-order valence-corrected chi connectivity index (χ0v) is 19.1. The molecular formula is C22H29N3O5S. The number of H-pyrrole nitrogens is 1. The van der Waals surface area contributed by atoms with E-state index < -0.39 is 21.9 Å². The Morgan fingerprint density at radius 3 is 2.48 bits per heavy atom. The van der Waals surface area contributed by atoms with Crippen LogP contribution in [0.25, 0.3) is 0 Å². The van der Waals surface area contributed by atoms with Crippen molar-refractivity contribution in [2.45, 2.75) is 45.4 Å². The summed E-state index contributed by atoms with van der Waals surface area (Å²) in [6.45, 7) is 7.40. The maximum atomic E-state index is 13.5. The van der Waals surface area contributed by atoms with Crippen LogP contribution in [0.1, 0.15) is 47.1 Å². The third-order valence-corrected chi connectivity index (χ3v) is 7.51. The van der Waals surface area contributed by atoms with Crippen LogP contribution >= 0.6 is 0 Å². The van der Waals surface area contributed by atoms with Gasteiger partial charge in [-0.15, -0.1) is 0 Å². The SMILES string of the molecule is CCOC(=O)c1c(C)[nH]c(C)c1S(=O)(=O)N1CCCC(C(=O)Nc2ccc(C)cc2)C1. The highest BCUT2D eigenvalue weighted by atomic mass is 32.2. The first kappa shape index (κ1) is 23.0. The Kier molecular flexibility index (Phi) is 6.86. The van der Waals surface area contributed by atoms with E-state index in [-0.39, 0.29) is 29.5 Å². The van der Waals surface area contributed by atoms with Gasteiger partial charge >= 0.3 is 5.97 Å². The number of anilines is 1. The predicted molar refractivity (Wildman–Crippen MR) is 118 cm³/mol. The maximum absolute atomic E-state index is 13.5. The Balaban J connectivity index is 1.83. The number of hydrogen-bond acceptors (Lipinski definition) is 5. The topological polar surface area (TPSA) is 109 Å². The smallest absolute Gasteiger partial charge is 0.341 e. The van der Waals surface area contributed by atoms with E-state index in [1.165, 1.54) is 4.31 Å². The number of carbonyl (C=O) groups is 2. The van der Waals surface area contributed by atoms with Crippen molar-refractivity contribution in [3.63, 3.8) is 0 Å². The minimum absolute atomic E-state index is 0.0329. The molecule has 0 radical (unpaired) electrons. The van der Waals surface area contributed by atoms with Gasteiger partial charge in [0.05, 0.1) is 12.5 Å². The number of aryl methyl sites for hydroxylation is 3. The van der Waals surface area contributed by atoms with E-state index in [0.717, 1.165) is 5.56 Å². The Bertz CT molecular complexity index is 1070. The largest absolute Gasteiger partial charge is 0.462 e.